The quantitative estimate of drug-likeness (QED) is 0.840. The van der Waals surface area contributed by atoms with Crippen molar-refractivity contribution in [3.8, 4) is 0 Å². The molecule has 122 valence electrons. The fourth-order valence-corrected chi connectivity index (χ4v) is 5.34. The van der Waals surface area contributed by atoms with Gasteiger partial charge in [0.1, 0.15) is 0 Å². The average molecular weight is 321 g/mol. The van der Waals surface area contributed by atoms with E-state index in [0.717, 1.165) is 41.5 Å². The van der Waals surface area contributed by atoms with Crippen molar-refractivity contribution in [1.29, 1.82) is 0 Å². The lowest BCUT2D eigenvalue weighted by Crippen LogP contribution is -2.66. The molecule has 2 fully saturated rings. The van der Waals surface area contributed by atoms with Crippen LogP contribution in [0.4, 0.5) is 0 Å². The Bertz CT molecular complexity index is 570. The van der Waals surface area contributed by atoms with Gasteiger partial charge >= 0.3 is 0 Å². The van der Waals surface area contributed by atoms with Gasteiger partial charge in [-0.25, -0.2) is 4.98 Å². The van der Waals surface area contributed by atoms with Crippen LogP contribution in [0.15, 0.2) is 0 Å². The Hall–Kier alpha value is -0.940. The second-order valence-electron chi connectivity index (χ2n) is 7.06. The molecule has 0 N–H and O–H groups in total. The number of likely N-dealkylation sites (N-methyl/N-ethyl adjacent to an activating group) is 1. The van der Waals surface area contributed by atoms with Gasteiger partial charge in [0.15, 0.2) is 0 Å². The second kappa shape index (κ2) is 5.93. The highest BCUT2D eigenvalue weighted by Gasteiger charge is 2.47. The fraction of sp³-hybridized carbons (Fsp3) is 0.765. The molecule has 0 aromatic carbocycles. The SMILES string of the molecule is Cc1nc(C)c(CC(=O)N2CCC[C@@H]3N(C)CCC[C@@]32C)s1. The molecule has 2 aliphatic heterocycles. The van der Waals surface area contributed by atoms with Gasteiger partial charge in [0.2, 0.25) is 5.91 Å². The monoisotopic (exact) mass is 321 g/mol. The van der Waals surface area contributed by atoms with Crippen molar-refractivity contribution in [3.05, 3.63) is 15.6 Å². The molecule has 3 rings (SSSR count). The molecule has 5 heteroatoms. The molecule has 1 amide bonds. The first-order valence-corrected chi connectivity index (χ1v) is 9.17. The van der Waals surface area contributed by atoms with Crippen LogP contribution in [0, 0.1) is 13.8 Å². The topological polar surface area (TPSA) is 36.4 Å². The summed E-state index contributed by atoms with van der Waals surface area (Å²) in [5, 5.41) is 1.06. The summed E-state index contributed by atoms with van der Waals surface area (Å²) in [7, 11) is 2.22. The van der Waals surface area contributed by atoms with Gasteiger partial charge in [-0.3, -0.25) is 4.79 Å². The lowest BCUT2D eigenvalue weighted by molar-refractivity contribution is -0.145. The summed E-state index contributed by atoms with van der Waals surface area (Å²) in [4.78, 5) is 23.2. The number of aryl methyl sites for hydroxylation is 2. The first kappa shape index (κ1) is 15.9. The maximum atomic E-state index is 13.0. The second-order valence-corrected chi connectivity index (χ2v) is 8.35. The number of likely N-dealkylation sites (tertiary alicyclic amines) is 2. The number of hydrogen-bond acceptors (Lipinski definition) is 4. The predicted molar refractivity (Wildman–Crippen MR) is 90.3 cm³/mol. The van der Waals surface area contributed by atoms with Crippen molar-refractivity contribution in [1.82, 2.24) is 14.8 Å². The molecule has 3 heterocycles. The molecule has 0 aliphatic carbocycles. The molecule has 2 atom stereocenters. The molecule has 0 radical (unpaired) electrons. The molecule has 2 saturated heterocycles. The Morgan fingerprint density at radius 1 is 1.36 bits per heavy atom. The molecule has 4 nitrogen and oxygen atoms in total. The molecular weight excluding hydrogens is 294 g/mol. The van der Waals surface area contributed by atoms with E-state index in [4.69, 9.17) is 0 Å². The number of aromatic nitrogens is 1. The lowest BCUT2D eigenvalue weighted by atomic mass is 9.76. The first-order valence-electron chi connectivity index (χ1n) is 8.35. The van der Waals surface area contributed by atoms with Gasteiger partial charge in [-0.1, -0.05) is 0 Å². The van der Waals surface area contributed by atoms with Gasteiger partial charge in [-0.15, -0.1) is 11.3 Å². The molecule has 0 bridgehead atoms. The predicted octanol–water partition coefficient (Wildman–Crippen LogP) is 2.78. The van der Waals surface area contributed by atoms with Crippen molar-refractivity contribution >= 4 is 17.2 Å². The minimum atomic E-state index is 0.00989. The molecule has 0 unspecified atom stereocenters. The van der Waals surface area contributed by atoms with Crippen molar-refractivity contribution in [3.63, 3.8) is 0 Å². The van der Waals surface area contributed by atoms with E-state index in [1.54, 1.807) is 11.3 Å². The third-order valence-electron chi connectivity index (χ3n) is 5.53. The summed E-state index contributed by atoms with van der Waals surface area (Å²) in [5.41, 5.74) is 1.03. The highest BCUT2D eigenvalue weighted by atomic mass is 32.1. The highest BCUT2D eigenvalue weighted by Crippen LogP contribution is 2.38. The molecular formula is C17H27N3OS. The van der Waals surface area contributed by atoms with Crippen molar-refractivity contribution in [2.24, 2.45) is 0 Å². The summed E-state index contributed by atoms with van der Waals surface area (Å²) in [5.74, 6) is 0.286. The van der Waals surface area contributed by atoms with E-state index < -0.39 is 0 Å². The molecule has 2 aliphatic rings. The lowest BCUT2D eigenvalue weighted by Gasteiger charge is -2.56. The van der Waals surface area contributed by atoms with Crippen LogP contribution in [0.3, 0.4) is 0 Å². The Morgan fingerprint density at radius 2 is 2.14 bits per heavy atom. The number of rotatable bonds is 2. The smallest absolute Gasteiger partial charge is 0.228 e. The number of carbonyl (C=O) groups is 1. The zero-order chi connectivity index (χ0) is 15.9. The van der Waals surface area contributed by atoms with Crippen LogP contribution in [-0.2, 0) is 11.2 Å². The number of piperidine rings is 2. The van der Waals surface area contributed by atoms with E-state index in [2.05, 4.69) is 28.8 Å². The number of amides is 1. The fourth-order valence-electron chi connectivity index (χ4n) is 4.41. The number of nitrogens with zero attached hydrogens (tertiary/aromatic N) is 3. The largest absolute Gasteiger partial charge is 0.335 e. The van der Waals surface area contributed by atoms with Gasteiger partial charge < -0.3 is 9.80 Å². The Morgan fingerprint density at radius 3 is 2.82 bits per heavy atom. The zero-order valence-corrected chi connectivity index (χ0v) is 15.0. The normalized spacial score (nSPS) is 29.5. The molecule has 1 aromatic heterocycles. The van der Waals surface area contributed by atoms with Crippen LogP contribution in [0.2, 0.25) is 0 Å². The van der Waals surface area contributed by atoms with Crippen LogP contribution in [0.5, 0.6) is 0 Å². The van der Waals surface area contributed by atoms with Crippen LogP contribution in [-0.4, -0.2) is 52.4 Å². The molecule has 22 heavy (non-hydrogen) atoms. The summed E-state index contributed by atoms with van der Waals surface area (Å²) < 4.78 is 0. The average Bonchev–Trinajstić information content (AvgIpc) is 2.76. The highest BCUT2D eigenvalue weighted by molar-refractivity contribution is 7.11. The van der Waals surface area contributed by atoms with Crippen LogP contribution >= 0.6 is 11.3 Å². The number of hydrogen-bond donors (Lipinski definition) is 0. The van der Waals surface area contributed by atoms with E-state index in [9.17, 15) is 4.79 Å². The summed E-state index contributed by atoms with van der Waals surface area (Å²) in [6.07, 6.45) is 5.18. The third-order valence-corrected chi connectivity index (χ3v) is 6.60. The maximum Gasteiger partial charge on any atom is 0.228 e. The van der Waals surface area contributed by atoms with Gasteiger partial charge in [0, 0.05) is 17.5 Å². The van der Waals surface area contributed by atoms with E-state index in [1.807, 2.05) is 13.8 Å². The Balaban J connectivity index is 1.80. The molecule has 0 spiro atoms. The molecule has 1 aromatic rings. The van der Waals surface area contributed by atoms with Crippen LogP contribution in [0.1, 0.15) is 48.2 Å². The summed E-state index contributed by atoms with van der Waals surface area (Å²) in [6.45, 7) is 8.41. The number of fused-ring (bicyclic) bond motifs is 1. The van der Waals surface area contributed by atoms with Crippen molar-refractivity contribution < 1.29 is 4.79 Å². The number of thiazole rings is 1. The van der Waals surface area contributed by atoms with Crippen LogP contribution in [0.25, 0.3) is 0 Å². The zero-order valence-electron chi connectivity index (χ0n) is 14.2. The van der Waals surface area contributed by atoms with E-state index >= 15 is 0 Å². The Kier molecular flexibility index (Phi) is 4.29. The van der Waals surface area contributed by atoms with Gasteiger partial charge in [-0.2, -0.15) is 0 Å². The van der Waals surface area contributed by atoms with Crippen molar-refractivity contribution in [2.75, 3.05) is 20.1 Å². The van der Waals surface area contributed by atoms with Crippen LogP contribution < -0.4 is 0 Å². The first-order chi connectivity index (χ1) is 10.4. The van der Waals surface area contributed by atoms with E-state index in [0.29, 0.717) is 12.5 Å². The maximum absolute atomic E-state index is 13.0. The van der Waals surface area contributed by atoms with Gasteiger partial charge in [0.05, 0.1) is 22.7 Å². The van der Waals surface area contributed by atoms with Gasteiger partial charge in [0.25, 0.3) is 0 Å². The molecule has 0 saturated carbocycles. The third kappa shape index (κ3) is 2.69. The van der Waals surface area contributed by atoms with Gasteiger partial charge in [-0.05, 0) is 60.0 Å². The minimum absolute atomic E-state index is 0.00989. The summed E-state index contributed by atoms with van der Waals surface area (Å²) >= 11 is 1.67. The standard InChI is InChI=1S/C17H27N3OS/c1-12-14(22-13(2)18-12)11-16(21)20-10-5-7-15-17(20,3)8-6-9-19(15)4/h15H,5-11H2,1-4H3/t15-,17-/m0/s1. The summed E-state index contributed by atoms with van der Waals surface area (Å²) in [6, 6.07) is 0.517. The Labute approximate surface area is 137 Å². The minimum Gasteiger partial charge on any atom is -0.335 e. The van der Waals surface area contributed by atoms with E-state index in [-0.39, 0.29) is 11.4 Å². The number of carbonyl (C=O) groups excluding carboxylic acids is 1. The van der Waals surface area contributed by atoms with E-state index in [1.165, 1.54) is 12.8 Å². The van der Waals surface area contributed by atoms with Crippen molar-refractivity contribution in [2.45, 2.75) is 64.5 Å².